The lowest BCUT2D eigenvalue weighted by molar-refractivity contribution is -0.107. The fourth-order valence-electron chi connectivity index (χ4n) is 1.41. The Morgan fingerprint density at radius 3 is 3.14 bits per heavy atom. The summed E-state index contributed by atoms with van der Waals surface area (Å²) in [5.41, 5.74) is 2.10. The average Bonchev–Trinajstić information content (AvgIpc) is 2.57. The van der Waals surface area contributed by atoms with E-state index in [0.717, 1.165) is 33.8 Å². The lowest BCUT2D eigenvalue weighted by atomic mass is 10.1. The van der Waals surface area contributed by atoms with Crippen LogP contribution >= 0.6 is 15.9 Å². The van der Waals surface area contributed by atoms with E-state index in [-0.39, 0.29) is 0 Å². The molecule has 0 amide bonds. The SMILES string of the molecule is O=CCCc1ccc2n[nH]c(Br)c2c1. The molecule has 2 rings (SSSR count). The van der Waals surface area contributed by atoms with E-state index in [0.29, 0.717) is 6.42 Å². The fraction of sp³-hybridized carbons (Fsp3) is 0.200. The van der Waals surface area contributed by atoms with Gasteiger partial charge in [0.15, 0.2) is 0 Å². The number of H-pyrrole nitrogens is 1. The van der Waals surface area contributed by atoms with Gasteiger partial charge in [-0.2, -0.15) is 5.10 Å². The average molecular weight is 253 g/mol. The van der Waals surface area contributed by atoms with Gasteiger partial charge in [0.25, 0.3) is 0 Å². The number of aryl methyl sites for hydroxylation is 1. The minimum Gasteiger partial charge on any atom is -0.303 e. The Morgan fingerprint density at radius 2 is 2.36 bits per heavy atom. The number of aromatic nitrogens is 2. The van der Waals surface area contributed by atoms with Gasteiger partial charge in [0, 0.05) is 11.8 Å². The van der Waals surface area contributed by atoms with Crippen LogP contribution in [0.1, 0.15) is 12.0 Å². The maximum absolute atomic E-state index is 10.2. The van der Waals surface area contributed by atoms with Gasteiger partial charge in [0.05, 0.1) is 5.52 Å². The zero-order chi connectivity index (χ0) is 9.97. The molecule has 0 aliphatic rings. The second kappa shape index (κ2) is 3.92. The van der Waals surface area contributed by atoms with Gasteiger partial charge in [-0.1, -0.05) is 6.07 Å². The second-order valence-electron chi connectivity index (χ2n) is 3.09. The summed E-state index contributed by atoms with van der Waals surface area (Å²) in [5.74, 6) is 0. The minimum absolute atomic E-state index is 0.570. The van der Waals surface area contributed by atoms with Crippen LogP contribution in [0.25, 0.3) is 10.9 Å². The molecular formula is C10H9BrN2O. The molecule has 72 valence electrons. The van der Waals surface area contributed by atoms with Crippen molar-refractivity contribution in [3.8, 4) is 0 Å². The normalized spacial score (nSPS) is 10.6. The third-order valence-corrected chi connectivity index (χ3v) is 2.73. The summed E-state index contributed by atoms with van der Waals surface area (Å²) in [6.07, 6.45) is 2.30. The van der Waals surface area contributed by atoms with Crippen LogP contribution in [0.2, 0.25) is 0 Å². The number of rotatable bonds is 3. The van der Waals surface area contributed by atoms with E-state index < -0.39 is 0 Å². The van der Waals surface area contributed by atoms with Crippen LogP contribution in [0, 0.1) is 0 Å². The number of fused-ring (bicyclic) bond motifs is 1. The maximum Gasteiger partial charge on any atom is 0.120 e. The van der Waals surface area contributed by atoms with Gasteiger partial charge in [-0.05, 0) is 40.0 Å². The first-order valence-corrected chi connectivity index (χ1v) is 5.16. The van der Waals surface area contributed by atoms with Gasteiger partial charge in [0.2, 0.25) is 0 Å². The number of hydrogen-bond acceptors (Lipinski definition) is 2. The summed E-state index contributed by atoms with van der Waals surface area (Å²) < 4.78 is 0.889. The van der Waals surface area contributed by atoms with Crippen LogP contribution in [0.5, 0.6) is 0 Å². The molecule has 0 spiro atoms. The molecule has 0 atom stereocenters. The van der Waals surface area contributed by atoms with Crippen molar-refractivity contribution in [3.63, 3.8) is 0 Å². The number of benzene rings is 1. The third kappa shape index (κ3) is 1.70. The molecule has 0 saturated carbocycles. The Morgan fingerprint density at radius 1 is 1.50 bits per heavy atom. The van der Waals surface area contributed by atoms with E-state index in [9.17, 15) is 4.79 Å². The molecule has 14 heavy (non-hydrogen) atoms. The zero-order valence-corrected chi connectivity index (χ0v) is 9.04. The number of halogens is 1. The highest BCUT2D eigenvalue weighted by Crippen LogP contribution is 2.22. The minimum atomic E-state index is 0.570. The first kappa shape index (κ1) is 9.40. The summed E-state index contributed by atoms with van der Waals surface area (Å²) in [6.45, 7) is 0. The Bertz CT molecular complexity index is 464. The van der Waals surface area contributed by atoms with Gasteiger partial charge in [-0.25, -0.2) is 0 Å². The molecule has 2 aromatic rings. The largest absolute Gasteiger partial charge is 0.303 e. The van der Waals surface area contributed by atoms with Gasteiger partial charge >= 0.3 is 0 Å². The number of carbonyl (C=O) groups excluding carboxylic acids is 1. The molecule has 0 saturated heterocycles. The van der Waals surface area contributed by atoms with Crippen molar-refractivity contribution >= 4 is 33.1 Å². The van der Waals surface area contributed by atoms with Crippen molar-refractivity contribution in [2.45, 2.75) is 12.8 Å². The Hall–Kier alpha value is -1.16. The third-order valence-electron chi connectivity index (χ3n) is 2.12. The van der Waals surface area contributed by atoms with Crippen molar-refractivity contribution in [2.24, 2.45) is 0 Å². The summed E-state index contributed by atoms with van der Waals surface area (Å²) >= 11 is 3.38. The fourth-order valence-corrected chi connectivity index (χ4v) is 1.81. The summed E-state index contributed by atoms with van der Waals surface area (Å²) in [6, 6.07) is 6.00. The number of aromatic amines is 1. The van der Waals surface area contributed by atoms with Crippen molar-refractivity contribution in [1.29, 1.82) is 0 Å². The number of hydrogen-bond donors (Lipinski definition) is 1. The highest BCUT2D eigenvalue weighted by atomic mass is 79.9. The molecule has 0 radical (unpaired) electrons. The van der Waals surface area contributed by atoms with Crippen LogP contribution < -0.4 is 0 Å². The Kier molecular flexibility index (Phi) is 2.63. The molecule has 3 nitrogen and oxygen atoms in total. The standard InChI is InChI=1S/C10H9BrN2O/c11-10-8-6-7(2-1-5-14)3-4-9(8)12-13-10/h3-6H,1-2H2,(H,12,13). The molecule has 4 heteroatoms. The molecule has 0 unspecified atom stereocenters. The predicted molar refractivity (Wildman–Crippen MR) is 58.2 cm³/mol. The lowest BCUT2D eigenvalue weighted by Crippen LogP contribution is -1.85. The molecular weight excluding hydrogens is 244 g/mol. The zero-order valence-electron chi connectivity index (χ0n) is 7.46. The highest BCUT2D eigenvalue weighted by Gasteiger charge is 2.02. The number of carbonyl (C=O) groups is 1. The highest BCUT2D eigenvalue weighted by molar-refractivity contribution is 9.10. The molecule has 1 heterocycles. The maximum atomic E-state index is 10.2. The van der Waals surface area contributed by atoms with Crippen LogP contribution in [0.15, 0.2) is 22.8 Å². The second-order valence-corrected chi connectivity index (χ2v) is 3.89. The first-order chi connectivity index (χ1) is 6.81. The number of nitrogens with one attached hydrogen (secondary N) is 1. The Balaban J connectivity index is 2.39. The van der Waals surface area contributed by atoms with Crippen LogP contribution in [0.3, 0.4) is 0 Å². The van der Waals surface area contributed by atoms with E-state index in [1.165, 1.54) is 0 Å². The van der Waals surface area contributed by atoms with E-state index >= 15 is 0 Å². The van der Waals surface area contributed by atoms with E-state index in [2.05, 4.69) is 26.1 Å². The number of aldehydes is 1. The van der Waals surface area contributed by atoms with Crippen LogP contribution in [-0.4, -0.2) is 16.5 Å². The van der Waals surface area contributed by atoms with Gasteiger partial charge in [-0.15, -0.1) is 0 Å². The first-order valence-electron chi connectivity index (χ1n) is 4.37. The molecule has 1 N–H and O–H groups in total. The van der Waals surface area contributed by atoms with Gasteiger partial charge < -0.3 is 4.79 Å². The van der Waals surface area contributed by atoms with Crippen LogP contribution in [-0.2, 0) is 11.2 Å². The van der Waals surface area contributed by atoms with Crippen molar-refractivity contribution in [3.05, 3.63) is 28.4 Å². The van der Waals surface area contributed by atoms with E-state index in [1.807, 2.05) is 18.2 Å². The molecule has 0 bridgehead atoms. The van der Waals surface area contributed by atoms with Gasteiger partial charge in [0.1, 0.15) is 10.9 Å². The number of nitrogens with zero attached hydrogens (tertiary/aromatic N) is 1. The lowest BCUT2D eigenvalue weighted by Gasteiger charge is -1.97. The molecule has 1 aromatic carbocycles. The topological polar surface area (TPSA) is 45.8 Å². The van der Waals surface area contributed by atoms with Crippen molar-refractivity contribution in [1.82, 2.24) is 10.2 Å². The summed E-state index contributed by atoms with van der Waals surface area (Å²) in [4.78, 5) is 10.2. The monoisotopic (exact) mass is 252 g/mol. The Labute approximate surface area is 89.6 Å². The van der Waals surface area contributed by atoms with E-state index in [1.54, 1.807) is 0 Å². The van der Waals surface area contributed by atoms with Crippen molar-refractivity contribution in [2.75, 3.05) is 0 Å². The quantitative estimate of drug-likeness (QED) is 0.854. The molecule has 0 aliphatic heterocycles. The smallest absolute Gasteiger partial charge is 0.120 e. The summed E-state index contributed by atoms with van der Waals surface area (Å²) in [7, 11) is 0. The van der Waals surface area contributed by atoms with E-state index in [4.69, 9.17) is 0 Å². The summed E-state index contributed by atoms with van der Waals surface area (Å²) in [5, 5.41) is 8.02. The molecule has 0 fully saturated rings. The van der Waals surface area contributed by atoms with Gasteiger partial charge in [-0.3, -0.25) is 5.10 Å². The van der Waals surface area contributed by atoms with Crippen LogP contribution in [0.4, 0.5) is 0 Å². The molecule has 1 aromatic heterocycles. The van der Waals surface area contributed by atoms with Crippen molar-refractivity contribution < 1.29 is 4.79 Å². The predicted octanol–water partition coefficient (Wildman–Crippen LogP) is 2.46. The molecule has 0 aliphatic carbocycles.